The van der Waals surface area contributed by atoms with Crippen molar-refractivity contribution in [3.05, 3.63) is 58.6 Å². The molecule has 0 amide bonds. The van der Waals surface area contributed by atoms with Crippen molar-refractivity contribution >= 4 is 33.0 Å². The molecule has 4 heteroatoms. The Kier molecular flexibility index (Phi) is 5.01. The van der Waals surface area contributed by atoms with Gasteiger partial charge < -0.3 is 0 Å². The molecule has 1 aromatic carbocycles. The Bertz CT molecular complexity index is 904. The highest BCUT2D eigenvalue weighted by Gasteiger charge is 2.36. The summed E-state index contributed by atoms with van der Waals surface area (Å²) in [6.45, 7) is 14.7. The van der Waals surface area contributed by atoms with Gasteiger partial charge in [-0.3, -0.25) is 9.36 Å². The second-order valence-corrected chi connectivity index (χ2v) is 19.5. The van der Waals surface area contributed by atoms with Crippen LogP contribution in [0.5, 0.6) is 0 Å². The minimum Gasteiger partial charge on any atom is -0.287 e. The average Bonchev–Trinajstić information content (AvgIpc) is 2.90. The van der Waals surface area contributed by atoms with Gasteiger partial charge in [-0.1, -0.05) is 73.9 Å². The second-order valence-electron chi connectivity index (χ2n) is 9.45. The number of allylic oxidation sites excluding steroid dienone is 4. The van der Waals surface area contributed by atoms with Crippen LogP contribution in [0.1, 0.15) is 24.1 Å². The zero-order chi connectivity index (χ0) is 19.1. The third-order valence-corrected chi connectivity index (χ3v) is 9.52. The molecule has 2 aromatic rings. The predicted molar refractivity (Wildman–Crippen MR) is 118 cm³/mol. The van der Waals surface area contributed by atoms with E-state index in [0.717, 1.165) is 23.7 Å². The highest BCUT2D eigenvalue weighted by molar-refractivity contribution is 6.91. The molecule has 0 atom stereocenters. The number of aromatic nitrogens is 1. The largest absolute Gasteiger partial charge is 0.287 e. The number of rotatable bonds is 6. The molecule has 0 unspecified atom stereocenters. The molecule has 0 aliphatic heterocycles. The van der Waals surface area contributed by atoms with Crippen LogP contribution in [0.3, 0.4) is 0 Å². The van der Waals surface area contributed by atoms with E-state index in [-0.39, 0.29) is 5.91 Å². The van der Waals surface area contributed by atoms with Crippen molar-refractivity contribution in [1.29, 1.82) is 0 Å². The lowest BCUT2D eigenvalue weighted by Gasteiger charge is -2.38. The molecule has 0 fully saturated rings. The van der Waals surface area contributed by atoms with Crippen LogP contribution in [0.15, 0.2) is 58.6 Å². The number of nitrogens with zero attached hydrogens (tertiary/aromatic N) is 1. The van der Waals surface area contributed by atoms with Gasteiger partial charge in [-0.05, 0) is 30.5 Å². The summed E-state index contributed by atoms with van der Waals surface area (Å²) in [5.74, 6) is 0.204. The molecule has 0 radical (unpaired) electrons. The maximum absolute atomic E-state index is 12.7. The van der Waals surface area contributed by atoms with Crippen LogP contribution in [-0.4, -0.2) is 26.6 Å². The minimum absolute atomic E-state index is 0.204. The van der Waals surface area contributed by atoms with E-state index in [4.69, 9.17) is 0 Å². The maximum Gasteiger partial charge on any atom is 0.231 e. The molecular weight excluding hydrogens is 350 g/mol. The van der Waals surface area contributed by atoms with Gasteiger partial charge in [0.25, 0.3) is 0 Å². The van der Waals surface area contributed by atoms with Crippen molar-refractivity contribution in [3.8, 4) is 0 Å². The summed E-state index contributed by atoms with van der Waals surface area (Å²) >= 11 is 0. The summed E-state index contributed by atoms with van der Waals surface area (Å²) in [5.41, 5.74) is 2.55. The Hall–Kier alpha value is -1.66. The monoisotopic (exact) mass is 381 g/mol. The summed E-state index contributed by atoms with van der Waals surface area (Å²) in [4.78, 5) is 12.7. The first-order valence-electron chi connectivity index (χ1n) is 9.64. The fourth-order valence-electron chi connectivity index (χ4n) is 3.94. The van der Waals surface area contributed by atoms with Crippen LogP contribution in [0.2, 0.25) is 39.3 Å². The van der Waals surface area contributed by atoms with Crippen LogP contribution >= 0.6 is 0 Å². The van der Waals surface area contributed by atoms with E-state index in [2.05, 4.69) is 51.4 Å². The van der Waals surface area contributed by atoms with Crippen molar-refractivity contribution in [2.45, 2.75) is 58.5 Å². The Labute approximate surface area is 159 Å². The molecular formula is C22H31NOSi2. The molecule has 1 heterocycles. The Morgan fingerprint density at radius 1 is 0.962 bits per heavy atom. The van der Waals surface area contributed by atoms with E-state index in [1.165, 1.54) is 5.57 Å². The molecule has 1 aromatic heterocycles. The van der Waals surface area contributed by atoms with E-state index >= 15 is 0 Å². The number of para-hydroxylation sites is 1. The van der Waals surface area contributed by atoms with E-state index in [1.54, 1.807) is 10.4 Å². The third kappa shape index (κ3) is 3.72. The fraction of sp³-hybridized carbons (Fsp3) is 0.409. The Balaban J connectivity index is 1.64. The van der Waals surface area contributed by atoms with Gasteiger partial charge in [0.2, 0.25) is 5.91 Å². The minimum atomic E-state index is -1.32. The van der Waals surface area contributed by atoms with Crippen molar-refractivity contribution in [3.63, 3.8) is 0 Å². The van der Waals surface area contributed by atoms with E-state index < -0.39 is 16.1 Å². The normalized spacial score (nSPS) is 15.2. The van der Waals surface area contributed by atoms with Crippen molar-refractivity contribution in [2.75, 3.05) is 0 Å². The molecule has 2 nitrogen and oxygen atoms in total. The van der Waals surface area contributed by atoms with Gasteiger partial charge in [0.1, 0.15) is 0 Å². The number of carbonyl (C=O) groups excluding carboxylic acids is 1. The van der Waals surface area contributed by atoms with Gasteiger partial charge in [0.15, 0.2) is 0 Å². The maximum atomic E-state index is 12.7. The quantitative estimate of drug-likeness (QED) is 0.527. The molecule has 0 N–H and O–H groups in total. The molecule has 26 heavy (non-hydrogen) atoms. The molecule has 1 aliphatic carbocycles. The number of hydrogen-bond donors (Lipinski definition) is 0. The molecule has 0 spiro atoms. The zero-order valence-electron chi connectivity index (χ0n) is 17.0. The number of fused-ring (bicyclic) bond motifs is 1. The summed E-state index contributed by atoms with van der Waals surface area (Å²) in [5, 5.41) is 4.51. The van der Waals surface area contributed by atoms with Gasteiger partial charge in [-0.15, -0.1) is 0 Å². The Morgan fingerprint density at radius 2 is 1.65 bits per heavy atom. The van der Waals surface area contributed by atoms with E-state index in [0.29, 0.717) is 6.42 Å². The zero-order valence-corrected chi connectivity index (χ0v) is 19.0. The number of carbonyl (C=O) groups is 1. The van der Waals surface area contributed by atoms with Crippen molar-refractivity contribution in [1.82, 2.24) is 4.57 Å². The summed E-state index contributed by atoms with van der Waals surface area (Å²) < 4.78 is 1.81. The molecule has 138 valence electrons. The van der Waals surface area contributed by atoms with Crippen molar-refractivity contribution in [2.24, 2.45) is 0 Å². The molecule has 0 saturated heterocycles. The highest BCUT2D eigenvalue weighted by atomic mass is 28.3. The standard InChI is InChI=1S/C22H31NOSi2/c1-25(2,3)20-16-18(22(20)26(4,5)6)11-9-13-21(24)23-15-14-17-10-7-8-12-19(17)23/h7-8,10,12,14-16H,9,11,13H2,1-6H3. The topological polar surface area (TPSA) is 22.0 Å². The predicted octanol–water partition coefficient (Wildman–Crippen LogP) is 6.44. The van der Waals surface area contributed by atoms with Gasteiger partial charge in [-0.25, -0.2) is 0 Å². The fourth-order valence-corrected chi connectivity index (χ4v) is 9.75. The second kappa shape index (κ2) is 6.82. The van der Waals surface area contributed by atoms with Gasteiger partial charge in [-0.2, -0.15) is 0 Å². The van der Waals surface area contributed by atoms with E-state index in [1.807, 2.05) is 35.0 Å². The molecule has 0 saturated carbocycles. The lowest BCUT2D eigenvalue weighted by molar-refractivity contribution is 0.0905. The number of benzene rings is 1. The van der Waals surface area contributed by atoms with Gasteiger partial charge >= 0.3 is 0 Å². The Morgan fingerprint density at radius 3 is 2.31 bits per heavy atom. The van der Waals surface area contributed by atoms with Crippen molar-refractivity contribution < 1.29 is 4.79 Å². The van der Waals surface area contributed by atoms with Crippen LogP contribution in [0.25, 0.3) is 10.9 Å². The smallest absolute Gasteiger partial charge is 0.231 e. The first-order valence-corrected chi connectivity index (χ1v) is 16.6. The summed E-state index contributed by atoms with van der Waals surface area (Å²) in [6.07, 6.45) is 6.95. The lowest BCUT2D eigenvalue weighted by Crippen LogP contribution is -2.38. The molecule has 3 rings (SSSR count). The van der Waals surface area contributed by atoms with Crippen LogP contribution in [0.4, 0.5) is 0 Å². The lowest BCUT2D eigenvalue weighted by atomic mass is 10.0. The number of hydrogen-bond acceptors (Lipinski definition) is 1. The van der Waals surface area contributed by atoms with Crippen LogP contribution in [-0.2, 0) is 0 Å². The van der Waals surface area contributed by atoms with Crippen LogP contribution < -0.4 is 0 Å². The molecule has 1 aliphatic rings. The van der Waals surface area contributed by atoms with E-state index in [9.17, 15) is 4.79 Å². The first-order chi connectivity index (χ1) is 12.1. The SMILES string of the molecule is C[Si](C)(C)C1=C([Si](C)(C)C)C(CCCC(=O)n2ccc3ccccc32)=C1. The molecule has 0 bridgehead atoms. The van der Waals surface area contributed by atoms with Gasteiger partial charge in [0, 0.05) is 18.0 Å². The summed E-state index contributed by atoms with van der Waals surface area (Å²) in [7, 11) is -2.58. The highest BCUT2D eigenvalue weighted by Crippen LogP contribution is 2.41. The first kappa shape index (κ1) is 19.1. The summed E-state index contributed by atoms with van der Waals surface area (Å²) in [6, 6.07) is 10.1. The third-order valence-electron chi connectivity index (χ3n) is 5.17. The average molecular weight is 382 g/mol. The van der Waals surface area contributed by atoms with Gasteiger partial charge in [0.05, 0.1) is 21.7 Å². The van der Waals surface area contributed by atoms with Crippen LogP contribution in [0, 0.1) is 0 Å².